The van der Waals surface area contributed by atoms with Crippen molar-refractivity contribution < 1.29 is 4.79 Å². The third-order valence-electron chi connectivity index (χ3n) is 2.55. The van der Waals surface area contributed by atoms with Gasteiger partial charge in [0.1, 0.15) is 15.4 Å². The number of hydrogen-bond acceptors (Lipinski definition) is 5. The molecule has 5 nitrogen and oxygen atoms in total. The molecule has 0 spiro atoms. The summed E-state index contributed by atoms with van der Waals surface area (Å²) in [5.74, 6) is -0.296. The molecule has 0 aliphatic carbocycles. The standard InChI is InChI=1S/C9H13ClN4OS/c10-7-4-13-8(16-7)5-14-2-1-12-3-6(14)9(11)15/h4,6,12H,1-3,5H2,(H2,11,15). The Morgan fingerprint density at radius 2 is 2.62 bits per heavy atom. The van der Waals surface area contributed by atoms with E-state index < -0.39 is 0 Å². The van der Waals surface area contributed by atoms with Crippen molar-refractivity contribution in [2.75, 3.05) is 19.6 Å². The number of carbonyl (C=O) groups is 1. The second kappa shape index (κ2) is 5.09. The maximum atomic E-state index is 11.3. The summed E-state index contributed by atoms with van der Waals surface area (Å²) in [5, 5.41) is 4.07. The number of aromatic nitrogens is 1. The lowest BCUT2D eigenvalue weighted by atomic mass is 10.2. The minimum absolute atomic E-state index is 0.253. The first-order chi connectivity index (χ1) is 7.66. The van der Waals surface area contributed by atoms with Gasteiger partial charge in [-0.2, -0.15) is 0 Å². The van der Waals surface area contributed by atoms with Crippen molar-refractivity contribution in [2.24, 2.45) is 5.73 Å². The second-order valence-electron chi connectivity index (χ2n) is 3.65. The number of nitrogens with one attached hydrogen (secondary N) is 1. The zero-order valence-electron chi connectivity index (χ0n) is 8.65. The minimum Gasteiger partial charge on any atom is -0.368 e. The summed E-state index contributed by atoms with van der Waals surface area (Å²) < 4.78 is 0.667. The Bertz CT molecular complexity index is 383. The van der Waals surface area contributed by atoms with Crippen LogP contribution in [0.1, 0.15) is 5.01 Å². The SMILES string of the molecule is NC(=O)C1CNCCN1Cc1ncc(Cl)s1. The second-order valence-corrected chi connectivity index (χ2v) is 5.40. The Morgan fingerprint density at radius 1 is 1.81 bits per heavy atom. The lowest BCUT2D eigenvalue weighted by Gasteiger charge is -2.33. The van der Waals surface area contributed by atoms with Gasteiger partial charge in [-0.1, -0.05) is 11.6 Å². The fraction of sp³-hybridized carbons (Fsp3) is 0.556. The van der Waals surface area contributed by atoms with E-state index in [1.165, 1.54) is 11.3 Å². The van der Waals surface area contributed by atoms with Crippen LogP contribution in [0.4, 0.5) is 0 Å². The van der Waals surface area contributed by atoms with E-state index >= 15 is 0 Å². The Kier molecular flexibility index (Phi) is 3.75. The van der Waals surface area contributed by atoms with E-state index in [4.69, 9.17) is 17.3 Å². The molecule has 3 N–H and O–H groups in total. The van der Waals surface area contributed by atoms with Crippen LogP contribution in [0.15, 0.2) is 6.20 Å². The quantitative estimate of drug-likeness (QED) is 0.806. The van der Waals surface area contributed by atoms with Gasteiger partial charge in [0.15, 0.2) is 0 Å². The first-order valence-corrected chi connectivity index (χ1v) is 6.20. The Morgan fingerprint density at radius 3 is 3.25 bits per heavy atom. The highest BCUT2D eigenvalue weighted by Crippen LogP contribution is 2.20. The highest BCUT2D eigenvalue weighted by molar-refractivity contribution is 7.15. The molecule has 1 aromatic rings. The number of piperazine rings is 1. The van der Waals surface area contributed by atoms with Gasteiger partial charge in [0.2, 0.25) is 5.91 Å². The van der Waals surface area contributed by atoms with Crippen molar-refractivity contribution in [2.45, 2.75) is 12.6 Å². The molecule has 2 heterocycles. The van der Waals surface area contributed by atoms with E-state index in [0.717, 1.165) is 18.1 Å². The predicted octanol–water partition coefficient (Wildman–Crippen LogP) is 0.0556. The zero-order chi connectivity index (χ0) is 11.5. The Hall–Kier alpha value is -0.690. The molecule has 88 valence electrons. The Labute approximate surface area is 103 Å². The van der Waals surface area contributed by atoms with Crippen molar-refractivity contribution in [1.29, 1.82) is 0 Å². The van der Waals surface area contributed by atoms with E-state index in [-0.39, 0.29) is 11.9 Å². The molecular formula is C9H13ClN4OS. The molecule has 1 saturated heterocycles. The van der Waals surface area contributed by atoms with Gasteiger partial charge in [0, 0.05) is 19.6 Å². The summed E-state index contributed by atoms with van der Waals surface area (Å²) in [4.78, 5) is 17.5. The van der Waals surface area contributed by atoms with Gasteiger partial charge < -0.3 is 11.1 Å². The summed E-state index contributed by atoms with van der Waals surface area (Å²) in [6, 6.07) is -0.253. The van der Waals surface area contributed by atoms with Crippen LogP contribution >= 0.6 is 22.9 Å². The summed E-state index contributed by atoms with van der Waals surface area (Å²) in [6.45, 7) is 2.90. The lowest BCUT2D eigenvalue weighted by molar-refractivity contribution is -0.124. The topological polar surface area (TPSA) is 71.2 Å². The first kappa shape index (κ1) is 11.8. The van der Waals surface area contributed by atoms with Gasteiger partial charge >= 0.3 is 0 Å². The summed E-state index contributed by atoms with van der Waals surface area (Å²) >= 11 is 7.25. The fourth-order valence-corrected chi connectivity index (χ4v) is 2.73. The minimum atomic E-state index is -0.296. The molecule has 1 fully saturated rings. The maximum Gasteiger partial charge on any atom is 0.236 e. The number of amides is 1. The molecule has 1 aliphatic rings. The molecule has 16 heavy (non-hydrogen) atoms. The van der Waals surface area contributed by atoms with Crippen LogP contribution in [-0.2, 0) is 11.3 Å². The average molecular weight is 261 g/mol. The smallest absolute Gasteiger partial charge is 0.236 e. The van der Waals surface area contributed by atoms with Gasteiger partial charge in [-0.25, -0.2) is 4.98 Å². The molecule has 1 aromatic heterocycles. The average Bonchev–Trinajstić information content (AvgIpc) is 2.64. The molecule has 1 atom stereocenters. The van der Waals surface area contributed by atoms with E-state index in [1.54, 1.807) is 6.20 Å². The van der Waals surface area contributed by atoms with Crippen LogP contribution in [-0.4, -0.2) is 41.5 Å². The highest BCUT2D eigenvalue weighted by Gasteiger charge is 2.27. The summed E-state index contributed by atoms with van der Waals surface area (Å²) in [7, 11) is 0. The maximum absolute atomic E-state index is 11.3. The van der Waals surface area contributed by atoms with Crippen molar-refractivity contribution >= 4 is 28.8 Å². The fourth-order valence-electron chi connectivity index (χ4n) is 1.75. The van der Waals surface area contributed by atoms with Crippen LogP contribution < -0.4 is 11.1 Å². The largest absolute Gasteiger partial charge is 0.368 e. The van der Waals surface area contributed by atoms with Gasteiger partial charge in [-0.05, 0) is 0 Å². The third kappa shape index (κ3) is 2.70. The summed E-state index contributed by atoms with van der Waals surface area (Å²) in [6.07, 6.45) is 1.63. The monoisotopic (exact) mass is 260 g/mol. The van der Waals surface area contributed by atoms with Crippen LogP contribution in [0.5, 0.6) is 0 Å². The van der Waals surface area contributed by atoms with E-state index in [0.29, 0.717) is 17.4 Å². The van der Waals surface area contributed by atoms with Crippen LogP contribution in [0.25, 0.3) is 0 Å². The van der Waals surface area contributed by atoms with Gasteiger partial charge in [0.25, 0.3) is 0 Å². The van der Waals surface area contributed by atoms with Crippen LogP contribution in [0, 0.1) is 0 Å². The van der Waals surface area contributed by atoms with Gasteiger partial charge in [0.05, 0.1) is 12.7 Å². The molecule has 0 radical (unpaired) electrons. The van der Waals surface area contributed by atoms with Gasteiger partial charge in [-0.15, -0.1) is 11.3 Å². The number of nitrogens with zero attached hydrogens (tertiary/aromatic N) is 2. The highest BCUT2D eigenvalue weighted by atomic mass is 35.5. The first-order valence-electron chi connectivity index (χ1n) is 5.01. The van der Waals surface area contributed by atoms with E-state index in [1.807, 2.05) is 4.90 Å². The molecule has 7 heteroatoms. The number of nitrogens with two attached hydrogens (primary N) is 1. The molecular weight excluding hydrogens is 248 g/mol. The van der Waals surface area contributed by atoms with Crippen LogP contribution in [0.2, 0.25) is 4.34 Å². The molecule has 1 unspecified atom stereocenters. The van der Waals surface area contributed by atoms with E-state index in [9.17, 15) is 4.79 Å². The van der Waals surface area contributed by atoms with Crippen LogP contribution in [0.3, 0.4) is 0 Å². The van der Waals surface area contributed by atoms with Gasteiger partial charge in [-0.3, -0.25) is 9.69 Å². The number of halogens is 1. The lowest BCUT2D eigenvalue weighted by Crippen LogP contribution is -2.56. The molecule has 2 rings (SSSR count). The molecule has 0 bridgehead atoms. The Balaban J connectivity index is 2.03. The number of thiazole rings is 1. The molecule has 0 saturated carbocycles. The van der Waals surface area contributed by atoms with Crippen molar-refractivity contribution in [3.63, 3.8) is 0 Å². The van der Waals surface area contributed by atoms with Crippen molar-refractivity contribution in [3.05, 3.63) is 15.5 Å². The number of hydrogen-bond donors (Lipinski definition) is 2. The normalized spacial score (nSPS) is 22.2. The number of primary amides is 1. The van der Waals surface area contributed by atoms with E-state index in [2.05, 4.69) is 10.3 Å². The number of rotatable bonds is 3. The zero-order valence-corrected chi connectivity index (χ0v) is 10.2. The molecule has 1 aliphatic heterocycles. The predicted molar refractivity (Wildman–Crippen MR) is 63.4 cm³/mol. The van der Waals surface area contributed by atoms with Crippen molar-refractivity contribution in [3.8, 4) is 0 Å². The third-order valence-corrected chi connectivity index (χ3v) is 3.65. The molecule has 0 aromatic carbocycles. The summed E-state index contributed by atoms with van der Waals surface area (Å²) in [5.41, 5.74) is 5.35. The van der Waals surface area contributed by atoms with Crippen molar-refractivity contribution in [1.82, 2.24) is 15.2 Å². The number of carbonyl (C=O) groups excluding carboxylic acids is 1. The molecule has 1 amide bonds.